The Labute approximate surface area is 189 Å². The van der Waals surface area contributed by atoms with E-state index in [1.807, 2.05) is 11.0 Å². The first-order chi connectivity index (χ1) is 15.7. The molecule has 8 heteroatoms. The van der Waals surface area contributed by atoms with Gasteiger partial charge in [-0.15, -0.1) is 0 Å². The van der Waals surface area contributed by atoms with Gasteiger partial charge in [-0.1, -0.05) is 30.3 Å². The molecule has 0 amide bonds. The SMILES string of the molecule is N#Cc1c(N(CCO)CCO)nc(N2CCOCC2)c2c1CCN(Cc1ccccc1)C2. The molecule has 0 unspecified atom stereocenters. The smallest absolute Gasteiger partial charge is 0.149 e. The molecule has 1 aromatic carbocycles. The Kier molecular flexibility index (Phi) is 7.55. The molecule has 1 aromatic heterocycles. The molecule has 0 spiro atoms. The molecule has 0 atom stereocenters. The molecule has 170 valence electrons. The number of rotatable bonds is 8. The van der Waals surface area contributed by atoms with Crippen LogP contribution in [0.25, 0.3) is 0 Å². The highest BCUT2D eigenvalue weighted by molar-refractivity contribution is 5.68. The molecule has 8 nitrogen and oxygen atoms in total. The van der Waals surface area contributed by atoms with Crippen LogP contribution >= 0.6 is 0 Å². The summed E-state index contributed by atoms with van der Waals surface area (Å²) >= 11 is 0. The van der Waals surface area contributed by atoms with E-state index >= 15 is 0 Å². The van der Waals surface area contributed by atoms with E-state index in [0.717, 1.165) is 56.1 Å². The topological polar surface area (TPSA) is 96.1 Å². The van der Waals surface area contributed by atoms with Crippen molar-refractivity contribution >= 4 is 11.6 Å². The van der Waals surface area contributed by atoms with Crippen molar-refractivity contribution in [1.82, 2.24) is 9.88 Å². The van der Waals surface area contributed by atoms with Gasteiger partial charge in [0.15, 0.2) is 0 Å². The minimum atomic E-state index is -0.0681. The Balaban J connectivity index is 1.74. The van der Waals surface area contributed by atoms with E-state index in [2.05, 4.69) is 40.1 Å². The third-order valence-corrected chi connectivity index (χ3v) is 6.14. The van der Waals surface area contributed by atoms with Gasteiger partial charge in [0.05, 0.1) is 32.0 Å². The Morgan fingerprint density at radius 3 is 2.41 bits per heavy atom. The van der Waals surface area contributed by atoms with Gasteiger partial charge in [-0.05, 0) is 17.5 Å². The number of pyridine rings is 1. The van der Waals surface area contributed by atoms with E-state index in [0.29, 0.717) is 37.7 Å². The van der Waals surface area contributed by atoms with Crippen molar-refractivity contribution in [2.75, 3.05) is 69.0 Å². The molecule has 2 aromatic rings. The summed E-state index contributed by atoms with van der Waals surface area (Å²) in [5.74, 6) is 1.46. The van der Waals surface area contributed by atoms with Crippen molar-refractivity contribution in [3.8, 4) is 6.07 Å². The quantitative estimate of drug-likeness (QED) is 0.635. The standard InChI is InChI=1S/C24H31N5O3/c25-16-21-20-6-7-27(17-19-4-2-1-3-5-19)18-22(20)24(29-10-14-32-15-11-29)26-23(21)28(8-12-30)9-13-31/h1-5,30-31H,6-15,17-18H2. The number of hydrogen-bond donors (Lipinski definition) is 2. The lowest BCUT2D eigenvalue weighted by molar-refractivity contribution is 0.122. The number of nitriles is 1. The zero-order valence-electron chi connectivity index (χ0n) is 18.4. The zero-order chi connectivity index (χ0) is 22.3. The number of aromatic nitrogens is 1. The number of ether oxygens (including phenoxy) is 1. The summed E-state index contributed by atoms with van der Waals surface area (Å²) in [6, 6.07) is 12.8. The molecule has 3 heterocycles. The van der Waals surface area contributed by atoms with Crippen LogP contribution in [0.5, 0.6) is 0 Å². The van der Waals surface area contributed by atoms with E-state index in [1.165, 1.54) is 5.56 Å². The number of aliphatic hydroxyl groups excluding tert-OH is 2. The Morgan fingerprint density at radius 2 is 1.75 bits per heavy atom. The summed E-state index contributed by atoms with van der Waals surface area (Å²) < 4.78 is 5.56. The molecule has 2 aliphatic heterocycles. The van der Waals surface area contributed by atoms with Gasteiger partial charge in [-0.2, -0.15) is 5.26 Å². The van der Waals surface area contributed by atoms with Crippen molar-refractivity contribution in [1.29, 1.82) is 5.26 Å². The van der Waals surface area contributed by atoms with Crippen molar-refractivity contribution in [2.24, 2.45) is 0 Å². The van der Waals surface area contributed by atoms with Gasteiger partial charge in [-0.3, -0.25) is 4.90 Å². The van der Waals surface area contributed by atoms with E-state index in [-0.39, 0.29) is 13.2 Å². The van der Waals surface area contributed by atoms with E-state index in [4.69, 9.17) is 9.72 Å². The number of fused-ring (bicyclic) bond motifs is 1. The molecule has 0 bridgehead atoms. The van der Waals surface area contributed by atoms with Crippen LogP contribution in [0.1, 0.15) is 22.3 Å². The largest absolute Gasteiger partial charge is 0.395 e. The van der Waals surface area contributed by atoms with Crippen molar-refractivity contribution in [2.45, 2.75) is 19.5 Å². The van der Waals surface area contributed by atoms with Crippen LogP contribution in [0.15, 0.2) is 30.3 Å². The van der Waals surface area contributed by atoms with Crippen molar-refractivity contribution < 1.29 is 14.9 Å². The first kappa shape index (κ1) is 22.5. The van der Waals surface area contributed by atoms with Gasteiger partial charge in [0.2, 0.25) is 0 Å². The second-order valence-corrected chi connectivity index (χ2v) is 8.18. The highest BCUT2D eigenvalue weighted by atomic mass is 16.5. The third kappa shape index (κ3) is 4.87. The second-order valence-electron chi connectivity index (χ2n) is 8.18. The van der Waals surface area contributed by atoms with E-state index in [9.17, 15) is 15.5 Å². The summed E-state index contributed by atoms with van der Waals surface area (Å²) in [4.78, 5) is 11.5. The highest BCUT2D eigenvalue weighted by Crippen LogP contribution is 2.35. The van der Waals surface area contributed by atoms with Crippen molar-refractivity contribution in [3.63, 3.8) is 0 Å². The molecule has 0 aliphatic carbocycles. The first-order valence-electron chi connectivity index (χ1n) is 11.3. The van der Waals surface area contributed by atoms with Gasteiger partial charge in [0, 0.05) is 51.4 Å². The van der Waals surface area contributed by atoms with Gasteiger partial charge in [0.25, 0.3) is 0 Å². The minimum Gasteiger partial charge on any atom is -0.395 e. The Morgan fingerprint density at radius 1 is 1.03 bits per heavy atom. The number of benzene rings is 1. The predicted molar refractivity (Wildman–Crippen MR) is 123 cm³/mol. The number of aliphatic hydroxyl groups is 2. The van der Waals surface area contributed by atoms with Gasteiger partial charge in [0.1, 0.15) is 17.7 Å². The molecular formula is C24H31N5O3. The summed E-state index contributed by atoms with van der Waals surface area (Å²) in [5, 5.41) is 29.2. The number of hydrogen-bond acceptors (Lipinski definition) is 8. The number of nitrogens with zero attached hydrogens (tertiary/aromatic N) is 5. The monoisotopic (exact) mass is 437 g/mol. The lowest BCUT2D eigenvalue weighted by Gasteiger charge is -2.37. The molecule has 0 radical (unpaired) electrons. The van der Waals surface area contributed by atoms with E-state index < -0.39 is 0 Å². The zero-order valence-corrected chi connectivity index (χ0v) is 18.4. The fourth-order valence-electron chi connectivity index (χ4n) is 4.58. The summed E-state index contributed by atoms with van der Waals surface area (Å²) in [7, 11) is 0. The molecule has 2 aliphatic rings. The second kappa shape index (κ2) is 10.7. The van der Waals surface area contributed by atoms with Crippen LogP contribution in [0.3, 0.4) is 0 Å². The maximum absolute atomic E-state index is 10.1. The Bertz CT molecular complexity index is 935. The third-order valence-electron chi connectivity index (χ3n) is 6.14. The molecule has 0 saturated carbocycles. The molecule has 1 fully saturated rings. The van der Waals surface area contributed by atoms with Crippen LogP contribution < -0.4 is 9.80 Å². The van der Waals surface area contributed by atoms with E-state index in [1.54, 1.807) is 0 Å². The van der Waals surface area contributed by atoms with Gasteiger partial charge >= 0.3 is 0 Å². The average Bonchev–Trinajstić information content (AvgIpc) is 2.84. The minimum absolute atomic E-state index is 0.0681. The number of morpholine rings is 1. The normalized spacial score (nSPS) is 16.5. The maximum atomic E-state index is 10.1. The van der Waals surface area contributed by atoms with Crippen molar-refractivity contribution in [3.05, 3.63) is 52.6 Å². The predicted octanol–water partition coefficient (Wildman–Crippen LogP) is 1.14. The molecule has 1 saturated heterocycles. The van der Waals surface area contributed by atoms with Crippen LogP contribution in [0.4, 0.5) is 11.6 Å². The average molecular weight is 438 g/mol. The fourth-order valence-corrected chi connectivity index (χ4v) is 4.58. The lowest BCUT2D eigenvalue weighted by Crippen LogP contribution is -2.40. The Hall–Kier alpha value is -2.70. The molecular weight excluding hydrogens is 406 g/mol. The summed E-state index contributed by atoms with van der Waals surface area (Å²) in [5.41, 5.74) is 4.00. The molecule has 4 rings (SSSR count). The van der Waals surface area contributed by atoms with Crippen LogP contribution in [0, 0.1) is 11.3 Å². The summed E-state index contributed by atoms with van der Waals surface area (Å²) in [6.45, 7) is 5.77. The molecule has 2 N–H and O–H groups in total. The molecule has 32 heavy (non-hydrogen) atoms. The number of anilines is 2. The first-order valence-corrected chi connectivity index (χ1v) is 11.3. The fraction of sp³-hybridized carbons (Fsp3) is 0.500. The summed E-state index contributed by atoms with van der Waals surface area (Å²) in [6.07, 6.45) is 0.768. The lowest BCUT2D eigenvalue weighted by atomic mass is 9.94. The van der Waals surface area contributed by atoms with Gasteiger partial charge < -0.3 is 24.7 Å². The van der Waals surface area contributed by atoms with Crippen LogP contribution in [-0.4, -0.2) is 79.2 Å². The van der Waals surface area contributed by atoms with Crippen LogP contribution in [-0.2, 0) is 24.2 Å². The van der Waals surface area contributed by atoms with Crippen LogP contribution in [0.2, 0.25) is 0 Å². The highest BCUT2D eigenvalue weighted by Gasteiger charge is 2.30. The maximum Gasteiger partial charge on any atom is 0.149 e. The van der Waals surface area contributed by atoms with Gasteiger partial charge in [-0.25, -0.2) is 4.98 Å².